The highest BCUT2D eigenvalue weighted by molar-refractivity contribution is 6.44. The Hall–Kier alpha value is -3.08. The molecule has 3 rings (SSSR count). The molecule has 2 amide bonds. The highest BCUT2D eigenvalue weighted by Gasteiger charge is 2.40. The topological polar surface area (TPSA) is 66.8 Å². The first-order valence-corrected chi connectivity index (χ1v) is 8.09. The van der Waals surface area contributed by atoms with Gasteiger partial charge in [-0.05, 0) is 35.7 Å². The zero-order chi connectivity index (χ0) is 18.0. The average Bonchev–Trinajstić information content (AvgIpc) is 2.83. The maximum atomic E-state index is 12.7. The van der Waals surface area contributed by atoms with Crippen LogP contribution in [0.4, 0.5) is 5.69 Å². The van der Waals surface area contributed by atoms with Crippen molar-refractivity contribution < 1.29 is 19.4 Å². The van der Waals surface area contributed by atoms with Crippen LogP contribution in [0.1, 0.15) is 19.4 Å². The van der Waals surface area contributed by atoms with Crippen molar-refractivity contribution in [2.24, 2.45) is 5.92 Å². The van der Waals surface area contributed by atoms with Crippen LogP contribution < -0.4 is 9.64 Å². The number of hydrogen-bond acceptors (Lipinski definition) is 4. The molecule has 0 spiro atoms. The molecule has 1 N–H and O–H groups in total. The molecule has 0 aliphatic carbocycles. The van der Waals surface area contributed by atoms with Crippen LogP contribution in [-0.4, -0.2) is 23.5 Å². The van der Waals surface area contributed by atoms with E-state index in [4.69, 9.17) is 4.74 Å². The van der Waals surface area contributed by atoms with Crippen LogP contribution in [0.25, 0.3) is 5.57 Å². The molecule has 0 unspecified atom stereocenters. The average molecular weight is 337 g/mol. The Bertz CT molecular complexity index is 823. The van der Waals surface area contributed by atoms with Crippen molar-refractivity contribution >= 4 is 23.1 Å². The van der Waals surface area contributed by atoms with Crippen LogP contribution in [0.5, 0.6) is 5.75 Å². The minimum Gasteiger partial charge on any atom is -0.502 e. The Morgan fingerprint density at radius 1 is 0.960 bits per heavy atom. The molecule has 2 aromatic carbocycles. The van der Waals surface area contributed by atoms with Crippen LogP contribution in [0.2, 0.25) is 0 Å². The number of amides is 2. The fourth-order valence-corrected chi connectivity index (χ4v) is 2.57. The first-order valence-electron chi connectivity index (χ1n) is 8.09. The summed E-state index contributed by atoms with van der Waals surface area (Å²) in [6, 6.07) is 15.3. The Kier molecular flexibility index (Phi) is 4.57. The summed E-state index contributed by atoms with van der Waals surface area (Å²) >= 11 is 0. The first kappa shape index (κ1) is 16.8. The molecule has 0 aromatic heterocycles. The van der Waals surface area contributed by atoms with Gasteiger partial charge >= 0.3 is 5.91 Å². The van der Waals surface area contributed by atoms with Crippen molar-refractivity contribution in [1.82, 2.24) is 0 Å². The summed E-state index contributed by atoms with van der Waals surface area (Å²) in [5.41, 5.74) is 0.909. The SMILES string of the molecule is CC(C)COc1ccc(C2=C(O)C(=O)N(c3ccccc3)C2=O)cc1. The minimum atomic E-state index is -0.716. The van der Waals surface area contributed by atoms with E-state index in [0.29, 0.717) is 29.5 Å². The van der Waals surface area contributed by atoms with Gasteiger partial charge in [0.25, 0.3) is 5.91 Å². The van der Waals surface area contributed by atoms with Gasteiger partial charge in [0.2, 0.25) is 0 Å². The molecule has 25 heavy (non-hydrogen) atoms. The zero-order valence-corrected chi connectivity index (χ0v) is 14.1. The molecule has 0 radical (unpaired) electrons. The van der Waals surface area contributed by atoms with E-state index in [1.807, 2.05) is 0 Å². The lowest BCUT2D eigenvalue weighted by Crippen LogP contribution is -2.31. The van der Waals surface area contributed by atoms with E-state index in [1.165, 1.54) is 0 Å². The third-order valence-electron chi connectivity index (χ3n) is 3.80. The van der Waals surface area contributed by atoms with Gasteiger partial charge in [-0.2, -0.15) is 0 Å². The molecule has 0 fully saturated rings. The van der Waals surface area contributed by atoms with Gasteiger partial charge < -0.3 is 9.84 Å². The van der Waals surface area contributed by atoms with Gasteiger partial charge in [0.1, 0.15) is 5.75 Å². The predicted molar refractivity (Wildman–Crippen MR) is 95.3 cm³/mol. The summed E-state index contributed by atoms with van der Waals surface area (Å²) in [6.45, 7) is 4.70. The van der Waals surface area contributed by atoms with Gasteiger partial charge in [-0.25, -0.2) is 4.90 Å². The van der Waals surface area contributed by atoms with Gasteiger partial charge in [0.15, 0.2) is 5.76 Å². The van der Waals surface area contributed by atoms with Crippen LogP contribution in [0, 0.1) is 5.92 Å². The second kappa shape index (κ2) is 6.81. The Labute approximate surface area is 146 Å². The van der Waals surface area contributed by atoms with Crippen molar-refractivity contribution in [2.75, 3.05) is 11.5 Å². The summed E-state index contributed by atoms with van der Waals surface area (Å²) in [5, 5.41) is 10.2. The lowest BCUT2D eigenvalue weighted by atomic mass is 10.1. The number of aliphatic hydroxyl groups is 1. The van der Waals surface area contributed by atoms with E-state index in [1.54, 1.807) is 54.6 Å². The number of ether oxygens (including phenoxy) is 1. The predicted octanol–water partition coefficient (Wildman–Crippen LogP) is 3.56. The maximum Gasteiger partial charge on any atom is 0.301 e. The molecule has 5 nitrogen and oxygen atoms in total. The summed E-state index contributed by atoms with van der Waals surface area (Å²) < 4.78 is 5.61. The molecule has 1 aliphatic heterocycles. The zero-order valence-electron chi connectivity index (χ0n) is 14.1. The quantitative estimate of drug-likeness (QED) is 0.847. The van der Waals surface area contributed by atoms with Crippen molar-refractivity contribution in [3.63, 3.8) is 0 Å². The Balaban J connectivity index is 1.87. The van der Waals surface area contributed by atoms with Crippen molar-refractivity contribution in [3.8, 4) is 5.75 Å². The highest BCUT2D eigenvalue weighted by atomic mass is 16.5. The number of rotatable bonds is 5. The fourth-order valence-electron chi connectivity index (χ4n) is 2.57. The number of hydrogen-bond donors (Lipinski definition) is 1. The molecule has 0 saturated carbocycles. The van der Waals surface area contributed by atoms with E-state index in [0.717, 1.165) is 4.90 Å². The summed E-state index contributed by atoms with van der Waals surface area (Å²) in [4.78, 5) is 26.0. The Morgan fingerprint density at radius 2 is 1.60 bits per heavy atom. The molecule has 0 saturated heterocycles. The van der Waals surface area contributed by atoms with Gasteiger partial charge in [-0.15, -0.1) is 0 Å². The minimum absolute atomic E-state index is 0.00395. The number of anilines is 1. The third kappa shape index (κ3) is 3.26. The van der Waals surface area contributed by atoms with E-state index in [2.05, 4.69) is 13.8 Å². The van der Waals surface area contributed by atoms with Crippen LogP contribution in [-0.2, 0) is 9.59 Å². The van der Waals surface area contributed by atoms with Gasteiger partial charge in [0, 0.05) is 0 Å². The van der Waals surface area contributed by atoms with E-state index in [9.17, 15) is 14.7 Å². The number of para-hydroxylation sites is 1. The molecular formula is C20H19NO4. The lowest BCUT2D eigenvalue weighted by Gasteiger charge is -2.14. The molecule has 1 aliphatic rings. The number of aliphatic hydroxyl groups excluding tert-OH is 1. The maximum absolute atomic E-state index is 12.7. The van der Waals surface area contributed by atoms with Crippen molar-refractivity contribution in [2.45, 2.75) is 13.8 Å². The number of carbonyl (C=O) groups is 2. The smallest absolute Gasteiger partial charge is 0.301 e. The molecule has 5 heteroatoms. The highest BCUT2D eigenvalue weighted by Crippen LogP contribution is 2.32. The largest absolute Gasteiger partial charge is 0.502 e. The van der Waals surface area contributed by atoms with Crippen molar-refractivity contribution in [3.05, 3.63) is 65.9 Å². The second-order valence-electron chi connectivity index (χ2n) is 6.23. The van der Waals surface area contributed by atoms with Gasteiger partial charge in [0.05, 0.1) is 17.9 Å². The summed E-state index contributed by atoms with van der Waals surface area (Å²) in [6.07, 6.45) is 0. The Morgan fingerprint density at radius 3 is 2.20 bits per heavy atom. The lowest BCUT2D eigenvalue weighted by molar-refractivity contribution is -0.121. The van der Waals surface area contributed by atoms with E-state index in [-0.39, 0.29) is 5.57 Å². The fraction of sp³-hybridized carbons (Fsp3) is 0.200. The molecule has 2 aromatic rings. The van der Waals surface area contributed by atoms with Gasteiger partial charge in [-0.1, -0.05) is 44.2 Å². The second-order valence-corrected chi connectivity index (χ2v) is 6.23. The molecule has 128 valence electrons. The molecule has 0 bridgehead atoms. The summed E-state index contributed by atoms with van der Waals surface area (Å²) in [7, 11) is 0. The van der Waals surface area contributed by atoms with Gasteiger partial charge in [-0.3, -0.25) is 9.59 Å². The van der Waals surface area contributed by atoms with Crippen molar-refractivity contribution in [1.29, 1.82) is 0 Å². The normalized spacial score (nSPS) is 14.6. The summed E-state index contributed by atoms with van der Waals surface area (Å²) in [5.74, 6) is -0.713. The third-order valence-corrected chi connectivity index (χ3v) is 3.80. The van der Waals surface area contributed by atoms with Crippen LogP contribution in [0.15, 0.2) is 60.4 Å². The number of nitrogens with zero attached hydrogens (tertiary/aromatic N) is 1. The molecule has 0 atom stereocenters. The standard InChI is InChI=1S/C20H19NO4/c1-13(2)12-25-16-10-8-14(9-11-16)17-18(22)20(24)21(19(17)23)15-6-4-3-5-7-15/h3-11,13,22H,12H2,1-2H3. The number of carbonyl (C=O) groups excluding carboxylic acids is 2. The monoisotopic (exact) mass is 337 g/mol. The first-order chi connectivity index (χ1) is 12.0. The van der Waals surface area contributed by atoms with E-state index < -0.39 is 17.6 Å². The number of imide groups is 1. The number of benzene rings is 2. The van der Waals surface area contributed by atoms with Crippen LogP contribution >= 0.6 is 0 Å². The van der Waals surface area contributed by atoms with E-state index >= 15 is 0 Å². The molecular weight excluding hydrogens is 318 g/mol. The molecule has 1 heterocycles. The van der Waals surface area contributed by atoms with Crippen LogP contribution in [0.3, 0.4) is 0 Å².